The maximum atomic E-state index is 11.6. The molecule has 2 fully saturated rings. The van der Waals surface area contributed by atoms with Gasteiger partial charge in [0, 0.05) is 19.6 Å². The smallest absolute Gasteiger partial charge is 0.305 e. The van der Waals surface area contributed by atoms with Crippen LogP contribution in [0.25, 0.3) is 0 Å². The Bertz CT molecular complexity index is 288. The van der Waals surface area contributed by atoms with E-state index in [2.05, 4.69) is 4.90 Å². The van der Waals surface area contributed by atoms with Gasteiger partial charge >= 0.3 is 5.97 Å². The van der Waals surface area contributed by atoms with Gasteiger partial charge in [-0.2, -0.15) is 0 Å². The molecule has 1 heterocycles. The van der Waals surface area contributed by atoms with E-state index in [0.29, 0.717) is 19.1 Å². The molecule has 0 bridgehead atoms. The van der Waals surface area contributed by atoms with Gasteiger partial charge in [-0.05, 0) is 12.8 Å². The minimum Gasteiger partial charge on any atom is -0.481 e. The first-order chi connectivity index (χ1) is 7.08. The van der Waals surface area contributed by atoms with Crippen LogP contribution in [-0.2, 0) is 9.59 Å². The summed E-state index contributed by atoms with van der Waals surface area (Å²) in [5, 5.41) is 8.75. The summed E-state index contributed by atoms with van der Waals surface area (Å²) in [5.41, 5.74) is 0. The fourth-order valence-corrected chi connectivity index (χ4v) is 2.07. The number of hydrogen-bond donors (Lipinski definition) is 1. The quantitative estimate of drug-likeness (QED) is 0.701. The van der Waals surface area contributed by atoms with Crippen molar-refractivity contribution < 1.29 is 14.7 Å². The predicted molar refractivity (Wildman–Crippen MR) is 53.4 cm³/mol. The lowest BCUT2D eigenvalue weighted by molar-refractivity contribution is -0.144. The number of carboxylic acid groups (broad SMARTS) is 1. The van der Waals surface area contributed by atoms with E-state index in [9.17, 15) is 9.59 Å². The van der Waals surface area contributed by atoms with Crippen molar-refractivity contribution in [2.75, 3.05) is 20.1 Å². The lowest BCUT2D eigenvalue weighted by Gasteiger charge is -2.38. The summed E-state index contributed by atoms with van der Waals surface area (Å²) in [6.45, 7) is 1.16. The Morgan fingerprint density at radius 3 is 2.73 bits per heavy atom. The highest BCUT2D eigenvalue weighted by Gasteiger charge is 2.38. The third-order valence-electron chi connectivity index (χ3n) is 3.20. The molecule has 1 saturated carbocycles. The molecule has 1 atom stereocenters. The third-order valence-corrected chi connectivity index (χ3v) is 3.20. The summed E-state index contributed by atoms with van der Waals surface area (Å²) >= 11 is 0. The summed E-state index contributed by atoms with van der Waals surface area (Å²) in [7, 11) is 1.69. The van der Waals surface area contributed by atoms with Crippen LogP contribution in [0, 0.1) is 0 Å². The van der Waals surface area contributed by atoms with Crippen LogP contribution in [0.1, 0.15) is 19.3 Å². The van der Waals surface area contributed by atoms with Crippen molar-refractivity contribution in [2.24, 2.45) is 0 Å². The molecule has 0 aromatic rings. The summed E-state index contributed by atoms with van der Waals surface area (Å²) in [6.07, 6.45) is 2.35. The summed E-state index contributed by atoms with van der Waals surface area (Å²) in [6, 6.07) is 0.364. The SMILES string of the molecule is CN1C(=O)CN(C2CC2)CC1CC(=O)O. The number of carboxylic acids is 1. The van der Waals surface area contributed by atoms with Crippen LogP contribution in [0.3, 0.4) is 0 Å². The maximum Gasteiger partial charge on any atom is 0.305 e. The molecule has 15 heavy (non-hydrogen) atoms. The topological polar surface area (TPSA) is 60.9 Å². The summed E-state index contributed by atoms with van der Waals surface area (Å²) < 4.78 is 0. The second kappa shape index (κ2) is 3.81. The molecule has 1 aliphatic carbocycles. The molecule has 2 aliphatic rings. The van der Waals surface area contributed by atoms with Gasteiger partial charge in [-0.15, -0.1) is 0 Å². The Morgan fingerprint density at radius 1 is 1.53 bits per heavy atom. The third kappa shape index (κ3) is 2.28. The van der Waals surface area contributed by atoms with E-state index in [4.69, 9.17) is 5.11 Å². The highest BCUT2D eigenvalue weighted by Crippen LogP contribution is 2.29. The predicted octanol–water partition coefficient (Wildman–Crippen LogP) is -0.234. The monoisotopic (exact) mass is 212 g/mol. The average molecular weight is 212 g/mol. The normalized spacial score (nSPS) is 28.2. The Hall–Kier alpha value is -1.10. The number of amides is 1. The number of likely N-dealkylation sites (N-methyl/N-ethyl adjacent to an activating group) is 1. The van der Waals surface area contributed by atoms with E-state index < -0.39 is 5.97 Å². The fraction of sp³-hybridized carbons (Fsp3) is 0.800. The number of piperazine rings is 1. The minimum absolute atomic E-state index is 0.0411. The number of carbonyl (C=O) groups excluding carboxylic acids is 1. The van der Waals surface area contributed by atoms with Crippen molar-refractivity contribution in [3.8, 4) is 0 Å². The van der Waals surface area contributed by atoms with Gasteiger partial charge in [-0.25, -0.2) is 0 Å². The van der Waals surface area contributed by atoms with Crippen LogP contribution in [0.2, 0.25) is 0 Å². The molecule has 2 rings (SSSR count). The Labute approximate surface area is 88.6 Å². The molecular weight excluding hydrogens is 196 g/mol. The zero-order chi connectivity index (χ0) is 11.0. The molecule has 1 N–H and O–H groups in total. The Morgan fingerprint density at radius 2 is 2.20 bits per heavy atom. The van der Waals surface area contributed by atoms with Crippen LogP contribution in [0.15, 0.2) is 0 Å². The fourth-order valence-electron chi connectivity index (χ4n) is 2.07. The standard InChI is InChI=1S/C10H16N2O3/c1-11-8(4-10(14)15)5-12(6-9(11)13)7-2-3-7/h7-8H,2-6H2,1H3,(H,14,15). The van der Waals surface area contributed by atoms with Crippen LogP contribution >= 0.6 is 0 Å². The minimum atomic E-state index is -0.836. The highest BCUT2D eigenvalue weighted by molar-refractivity contribution is 5.80. The molecule has 1 aliphatic heterocycles. The van der Waals surface area contributed by atoms with E-state index in [-0.39, 0.29) is 18.4 Å². The maximum absolute atomic E-state index is 11.6. The largest absolute Gasteiger partial charge is 0.481 e. The molecule has 1 unspecified atom stereocenters. The molecule has 1 amide bonds. The molecule has 1 saturated heterocycles. The number of hydrogen-bond acceptors (Lipinski definition) is 3. The molecule has 5 nitrogen and oxygen atoms in total. The first-order valence-electron chi connectivity index (χ1n) is 5.29. The molecular formula is C10H16N2O3. The van der Waals surface area contributed by atoms with Crippen molar-refractivity contribution in [3.63, 3.8) is 0 Å². The van der Waals surface area contributed by atoms with E-state index in [1.54, 1.807) is 11.9 Å². The zero-order valence-electron chi connectivity index (χ0n) is 8.85. The van der Waals surface area contributed by atoms with E-state index >= 15 is 0 Å². The van der Waals surface area contributed by atoms with Gasteiger partial charge < -0.3 is 10.0 Å². The Balaban J connectivity index is 2.00. The number of rotatable bonds is 3. The molecule has 0 aromatic carbocycles. The molecule has 0 spiro atoms. The summed E-state index contributed by atoms with van der Waals surface area (Å²) in [5.74, 6) is -0.795. The van der Waals surface area contributed by atoms with Crippen molar-refractivity contribution in [3.05, 3.63) is 0 Å². The van der Waals surface area contributed by atoms with Crippen LogP contribution < -0.4 is 0 Å². The lowest BCUT2D eigenvalue weighted by Crippen LogP contribution is -2.55. The van der Waals surface area contributed by atoms with Gasteiger partial charge in [0.15, 0.2) is 0 Å². The van der Waals surface area contributed by atoms with Crippen molar-refractivity contribution in [1.29, 1.82) is 0 Å². The molecule has 84 valence electrons. The van der Waals surface area contributed by atoms with Gasteiger partial charge in [0.25, 0.3) is 0 Å². The number of aliphatic carboxylic acids is 1. The zero-order valence-corrected chi connectivity index (χ0v) is 8.85. The van der Waals surface area contributed by atoms with Crippen LogP contribution in [-0.4, -0.2) is 59.0 Å². The van der Waals surface area contributed by atoms with Crippen LogP contribution in [0.4, 0.5) is 0 Å². The molecule has 5 heteroatoms. The number of nitrogens with zero attached hydrogens (tertiary/aromatic N) is 2. The van der Waals surface area contributed by atoms with E-state index in [0.717, 1.165) is 12.8 Å². The van der Waals surface area contributed by atoms with Gasteiger partial charge in [0.1, 0.15) is 0 Å². The van der Waals surface area contributed by atoms with Gasteiger partial charge in [-0.1, -0.05) is 0 Å². The number of carbonyl (C=O) groups is 2. The first kappa shape index (κ1) is 10.4. The second-order valence-electron chi connectivity index (χ2n) is 4.42. The molecule has 0 radical (unpaired) electrons. The lowest BCUT2D eigenvalue weighted by atomic mass is 10.1. The van der Waals surface area contributed by atoms with Crippen LogP contribution in [0.5, 0.6) is 0 Å². The van der Waals surface area contributed by atoms with Crippen molar-refractivity contribution >= 4 is 11.9 Å². The van der Waals surface area contributed by atoms with Crippen molar-refractivity contribution in [2.45, 2.75) is 31.3 Å². The van der Waals surface area contributed by atoms with Gasteiger partial charge in [-0.3, -0.25) is 14.5 Å². The first-order valence-corrected chi connectivity index (χ1v) is 5.29. The summed E-state index contributed by atoms with van der Waals surface area (Å²) in [4.78, 5) is 26.0. The van der Waals surface area contributed by atoms with Gasteiger partial charge in [0.2, 0.25) is 5.91 Å². The highest BCUT2D eigenvalue weighted by atomic mass is 16.4. The van der Waals surface area contributed by atoms with E-state index in [1.807, 2.05) is 0 Å². The second-order valence-corrected chi connectivity index (χ2v) is 4.42. The van der Waals surface area contributed by atoms with E-state index in [1.165, 1.54) is 0 Å². The average Bonchev–Trinajstić information content (AvgIpc) is 2.94. The molecule has 0 aromatic heterocycles. The van der Waals surface area contributed by atoms with Crippen molar-refractivity contribution in [1.82, 2.24) is 9.80 Å². The van der Waals surface area contributed by atoms with Gasteiger partial charge in [0.05, 0.1) is 19.0 Å². The Kier molecular flexibility index (Phi) is 2.65.